The first-order chi connectivity index (χ1) is 12.5. The fourth-order valence-corrected chi connectivity index (χ4v) is 2.96. The number of carbonyl (C=O) groups excluding carboxylic acids is 2. The summed E-state index contributed by atoms with van der Waals surface area (Å²) < 4.78 is 10.9. The Hall–Kier alpha value is -2.83. The molecule has 0 radical (unpaired) electrons. The first-order valence-electron chi connectivity index (χ1n) is 8.65. The van der Waals surface area contributed by atoms with Crippen LogP contribution in [-0.2, 0) is 11.4 Å². The van der Waals surface area contributed by atoms with Gasteiger partial charge in [-0.25, -0.2) is 0 Å². The summed E-state index contributed by atoms with van der Waals surface area (Å²) >= 11 is 0. The molecular formula is C19H23N3O4. The van der Waals surface area contributed by atoms with E-state index < -0.39 is 0 Å². The molecule has 0 N–H and O–H groups in total. The van der Waals surface area contributed by atoms with Crippen molar-refractivity contribution in [3.05, 3.63) is 46.8 Å². The topological polar surface area (TPSA) is 75.9 Å². The molecular weight excluding hydrogens is 334 g/mol. The van der Waals surface area contributed by atoms with Crippen molar-refractivity contribution in [3.63, 3.8) is 0 Å². The SMILES string of the molecule is CC(=O)N1CCN(C(=O)c2ccc(OCc3c(C)noc3C)cc2)CC1. The highest BCUT2D eigenvalue weighted by atomic mass is 16.5. The summed E-state index contributed by atoms with van der Waals surface area (Å²) in [6.07, 6.45) is 0. The quantitative estimate of drug-likeness (QED) is 0.838. The van der Waals surface area contributed by atoms with Crippen LogP contribution in [0.25, 0.3) is 0 Å². The fraction of sp³-hybridized carbons (Fsp3) is 0.421. The molecule has 0 atom stereocenters. The van der Waals surface area contributed by atoms with E-state index in [9.17, 15) is 9.59 Å². The van der Waals surface area contributed by atoms with E-state index in [1.165, 1.54) is 0 Å². The van der Waals surface area contributed by atoms with Crippen LogP contribution in [0.5, 0.6) is 5.75 Å². The standard InChI is InChI=1S/C19H23N3O4/c1-13-18(14(2)26-20-13)12-25-17-6-4-16(5-7-17)19(24)22-10-8-21(9-11-22)15(3)23/h4-7H,8-12H2,1-3H3. The summed E-state index contributed by atoms with van der Waals surface area (Å²) in [4.78, 5) is 27.5. The monoisotopic (exact) mass is 357 g/mol. The van der Waals surface area contributed by atoms with Crippen LogP contribution in [0.2, 0.25) is 0 Å². The van der Waals surface area contributed by atoms with Crippen LogP contribution in [0.4, 0.5) is 0 Å². The van der Waals surface area contributed by atoms with E-state index in [0.717, 1.165) is 17.0 Å². The molecule has 0 saturated carbocycles. The number of benzene rings is 1. The highest BCUT2D eigenvalue weighted by molar-refractivity contribution is 5.94. The largest absolute Gasteiger partial charge is 0.489 e. The summed E-state index contributed by atoms with van der Waals surface area (Å²) in [5.74, 6) is 1.46. The Balaban J connectivity index is 1.57. The molecule has 7 heteroatoms. The van der Waals surface area contributed by atoms with E-state index in [2.05, 4.69) is 5.16 Å². The number of aryl methyl sites for hydroxylation is 2. The Morgan fingerprint density at radius 3 is 2.23 bits per heavy atom. The molecule has 26 heavy (non-hydrogen) atoms. The van der Waals surface area contributed by atoms with E-state index in [0.29, 0.717) is 44.1 Å². The van der Waals surface area contributed by atoms with Crippen LogP contribution >= 0.6 is 0 Å². The lowest BCUT2D eigenvalue weighted by Crippen LogP contribution is -2.50. The minimum absolute atomic E-state index is 0.0227. The number of carbonyl (C=O) groups is 2. The van der Waals surface area contributed by atoms with Crippen molar-refractivity contribution >= 4 is 11.8 Å². The van der Waals surface area contributed by atoms with Crippen molar-refractivity contribution in [1.82, 2.24) is 15.0 Å². The minimum atomic E-state index is -0.0227. The molecule has 2 amide bonds. The maximum atomic E-state index is 12.6. The molecule has 2 aromatic rings. The lowest BCUT2D eigenvalue weighted by molar-refractivity contribution is -0.130. The average molecular weight is 357 g/mol. The van der Waals surface area contributed by atoms with Gasteiger partial charge in [0.25, 0.3) is 5.91 Å². The van der Waals surface area contributed by atoms with Crippen molar-refractivity contribution in [3.8, 4) is 5.75 Å². The highest BCUT2D eigenvalue weighted by Gasteiger charge is 2.23. The minimum Gasteiger partial charge on any atom is -0.489 e. The molecule has 2 heterocycles. The first-order valence-corrected chi connectivity index (χ1v) is 8.65. The van der Waals surface area contributed by atoms with Gasteiger partial charge in [-0.2, -0.15) is 0 Å². The predicted octanol–water partition coefficient (Wildman–Crippen LogP) is 2.17. The number of aromatic nitrogens is 1. The fourth-order valence-electron chi connectivity index (χ4n) is 2.96. The number of piperazine rings is 1. The van der Waals surface area contributed by atoms with Crippen molar-refractivity contribution in [2.45, 2.75) is 27.4 Å². The average Bonchev–Trinajstić information content (AvgIpc) is 2.98. The molecule has 1 saturated heterocycles. The second-order valence-electron chi connectivity index (χ2n) is 6.41. The van der Waals surface area contributed by atoms with Gasteiger partial charge < -0.3 is 19.1 Å². The number of amides is 2. The lowest BCUT2D eigenvalue weighted by atomic mass is 10.1. The Bertz CT molecular complexity index is 770. The van der Waals surface area contributed by atoms with Crippen LogP contribution < -0.4 is 4.74 Å². The summed E-state index contributed by atoms with van der Waals surface area (Å²) in [5, 5.41) is 3.90. The molecule has 7 nitrogen and oxygen atoms in total. The van der Waals surface area contributed by atoms with Gasteiger partial charge in [0.1, 0.15) is 18.1 Å². The van der Waals surface area contributed by atoms with Gasteiger partial charge in [-0.3, -0.25) is 9.59 Å². The third-order valence-electron chi connectivity index (χ3n) is 4.68. The second-order valence-corrected chi connectivity index (χ2v) is 6.41. The summed E-state index contributed by atoms with van der Waals surface area (Å²) in [5.41, 5.74) is 2.37. The van der Waals surface area contributed by atoms with Crippen molar-refractivity contribution in [1.29, 1.82) is 0 Å². The van der Waals surface area contributed by atoms with Crippen LogP contribution in [0.3, 0.4) is 0 Å². The first kappa shape index (κ1) is 18.0. The van der Waals surface area contributed by atoms with Gasteiger partial charge in [-0.1, -0.05) is 5.16 Å². The second kappa shape index (κ2) is 7.59. The van der Waals surface area contributed by atoms with Crippen LogP contribution in [0.15, 0.2) is 28.8 Å². The molecule has 1 aliphatic rings. The lowest BCUT2D eigenvalue weighted by Gasteiger charge is -2.34. The molecule has 1 fully saturated rings. The van der Waals surface area contributed by atoms with E-state index in [4.69, 9.17) is 9.26 Å². The molecule has 138 valence electrons. The highest BCUT2D eigenvalue weighted by Crippen LogP contribution is 2.19. The molecule has 0 spiro atoms. The molecule has 0 bridgehead atoms. The number of hydrogen-bond donors (Lipinski definition) is 0. The normalized spacial score (nSPS) is 14.4. The molecule has 1 aliphatic heterocycles. The Labute approximate surface area is 152 Å². The Morgan fingerprint density at radius 1 is 1.08 bits per heavy atom. The van der Waals surface area contributed by atoms with Crippen molar-refractivity contribution in [2.75, 3.05) is 26.2 Å². The smallest absolute Gasteiger partial charge is 0.253 e. The molecule has 1 aromatic carbocycles. The molecule has 0 aliphatic carbocycles. The van der Waals surface area contributed by atoms with Crippen molar-refractivity contribution in [2.24, 2.45) is 0 Å². The van der Waals surface area contributed by atoms with Gasteiger partial charge in [0.15, 0.2) is 0 Å². The molecule has 0 unspecified atom stereocenters. The van der Waals surface area contributed by atoms with Gasteiger partial charge in [-0.15, -0.1) is 0 Å². The van der Waals surface area contributed by atoms with Crippen LogP contribution in [0, 0.1) is 13.8 Å². The van der Waals surface area contributed by atoms with Crippen LogP contribution in [0.1, 0.15) is 34.3 Å². The van der Waals surface area contributed by atoms with E-state index in [1.807, 2.05) is 13.8 Å². The summed E-state index contributed by atoms with van der Waals surface area (Å²) in [6.45, 7) is 7.94. The van der Waals surface area contributed by atoms with E-state index in [1.54, 1.807) is 41.0 Å². The Morgan fingerprint density at radius 2 is 1.69 bits per heavy atom. The molecule has 3 rings (SSSR count). The maximum absolute atomic E-state index is 12.6. The van der Waals surface area contributed by atoms with Gasteiger partial charge in [0.2, 0.25) is 5.91 Å². The zero-order valence-electron chi connectivity index (χ0n) is 15.3. The number of ether oxygens (including phenoxy) is 1. The molecule has 1 aromatic heterocycles. The number of rotatable bonds is 4. The van der Waals surface area contributed by atoms with E-state index in [-0.39, 0.29) is 11.8 Å². The Kier molecular flexibility index (Phi) is 5.25. The summed E-state index contributed by atoms with van der Waals surface area (Å²) in [6, 6.07) is 7.11. The third-order valence-corrected chi connectivity index (χ3v) is 4.68. The van der Waals surface area contributed by atoms with Gasteiger partial charge in [0.05, 0.1) is 11.3 Å². The summed E-state index contributed by atoms with van der Waals surface area (Å²) in [7, 11) is 0. The zero-order valence-corrected chi connectivity index (χ0v) is 15.3. The number of nitrogens with zero attached hydrogens (tertiary/aromatic N) is 3. The van der Waals surface area contributed by atoms with Crippen molar-refractivity contribution < 1.29 is 18.8 Å². The predicted molar refractivity (Wildman–Crippen MR) is 94.9 cm³/mol. The zero-order chi connectivity index (χ0) is 18.7. The van der Waals surface area contributed by atoms with Gasteiger partial charge in [-0.05, 0) is 38.1 Å². The van der Waals surface area contributed by atoms with Gasteiger partial charge in [0, 0.05) is 38.7 Å². The third kappa shape index (κ3) is 3.87. The van der Waals surface area contributed by atoms with Crippen LogP contribution in [-0.4, -0.2) is 52.9 Å². The maximum Gasteiger partial charge on any atom is 0.253 e. The van der Waals surface area contributed by atoms with Gasteiger partial charge >= 0.3 is 0 Å². The van der Waals surface area contributed by atoms with E-state index >= 15 is 0 Å². The number of hydrogen-bond acceptors (Lipinski definition) is 5.